The maximum Gasteiger partial charge on any atom is 0.328 e. The minimum absolute atomic E-state index is 0.0924. The van der Waals surface area contributed by atoms with Gasteiger partial charge < -0.3 is 15.3 Å². The summed E-state index contributed by atoms with van der Waals surface area (Å²) in [4.78, 5) is 26.1. The number of nitrogens with one attached hydrogen (secondary N) is 1. The third kappa shape index (κ3) is 8.00. The zero-order valence-corrected chi connectivity index (χ0v) is 19.8. The van der Waals surface area contributed by atoms with Gasteiger partial charge in [0.05, 0.1) is 17.8 Å². The molecule has 0 aliphatic carbocycles. The van der Waals surface area contributed by atoms with Gasteiger partial charge in [-0.05, 0) is 53.7 Å². The number of carboxylic acids is 1. The molecule has 0 atom stereocenters. The van der Waals surface area contributed by atoms with Gasteiger partial charge in [0.15, 0.2) is 0 Å². The average molecular weight is 459 g/mol. The molecule has 1 amide bonds. The number of carbonyl (C=O) groups excluding carboxylic acids is 1. The van der Waals surface area contributed by atoms with Crippen LogP contribution in [0.15, 0.2) is 42.5 Å². The molecule has 0 saturated heterocycles. The van der Waals surface area contributed by atoms with Gasteiger partial charge in [0, 0.05) is 25.2 Å². The number of carboxylic acid groups (broad SMARTS) is 1. The molecule has 2 aromatic rings. The Bertz CT molecular complexity index is 1020. The van der Waals surface area contributed by atoms with Crippen LogP contribution in [-0.2, 0) is 16.0 Å². The van der Waals surface area contributed by atoms with E-state index < -0.39 is 23.5 Å². The number of benzene rings is 2. The summed E-state index contributed by atoms with van der Waals surface area (Å²) >= 11 is 0. The first-order valence-electron chi connectivity index (χ1n) is 11.0. The van der Waals surface area contributed by atoms with Gasteiger partial charge in [-0.1, -0.05) is 39.8 Å². The second kappa shape index (κ2) is 11.6. The number of halogens is 2. The maximum absolute atomic E-state index is 14.0. The molecule has 0 heterocycles. The summed E-state index contributed by atoms with van der Waals surface area (Å²) in [5.74, 6) is -2.25. The van der Waals surface area contributed by atoms with Crippen LogP contribution in [0.1, 0.15) is 45.7 Å². The first kappa shape index (κ1) is 26.0. The number of carbonyl (C=O) groups is 2. The molecule has 2 aromatic carbocycles. The van der Waals surface area contributed by atoms with Crippen LogP contribution in [0.5, 0.6) is 0 Å². The quantitative estimate of drug-likeness (QED) is 0.445. The van der Waals surface area contributed by atoms with Crippen molar-refractivity contribution in [2.45, 2.75) is 41.0 Å². The predicted octanol–water partition coefficient (Wildman–Crippen LogP) is 5.75. The van der Waals surface area contributed by atoms with E-state index in [2.05, 4.69) is 37.9 Å². The van der Waals surface area contributed by atoms with Gasteiger partial charge in [0.1, 0.15) is 11.6 Å². The predicted molar refractivity (Wildman–Crippen MR) is 128 cm³/mol. The van der Waals surface area contributed by atoms with Crippen LogP contribution in [0, 0.1) is 23.5 Å². The van der Waals surface area contributed by atoms with Gasteiger partial charge >= 0.3 is 5.97 Å². The number of anilines is 2. The molecule has 33 heavy (non-hydrogen) atoms. The molecule has 0 aromatic heterocycles. The van der Waals surface area contributed by atoms with Crippen molar-refractivity contribution in [2.75, 3.05) is 23.3 Å². The third-order valence-electron chi connectivity index (χ3n) is 4.94. The van der Waals surface area contributed by atoms with Crippen molar-refractivity contribution < 1.29 is 23.5 Å². The zero-order chi connectivity index (χ0) is 24.7. The van der Waals surface area contributed by atoms with Crippen molar-refractivity contribution in [3.63, 3.8) is 0 Å². The van der Waals surface area contributed by atoms with E-state index in [1.807, 2.05) is 12.1 Å². The van der Waals surface area contributed by atoms with Crippen LogP contribution in [0.25, 0.3) is 5.57 Å². The lowest BCUT2D eigenvalue weighted by atomic mass is 10.0. The van der Waals surface area contributed by atoms with Gasteiger partial charge in [-0.15, -0.1) is 0 Å². The standard InChI is InChI=1S/C26H32F2N2O3/c1-16(2)14-30(15-17(3)4)24-9-7-19(18(5)10-26(32)33)11-23(24)29-25(31)12-20-6-8-21(27)13-22(20)28/h6-11,13,16-17H,12,14-15H2,1-5H3,(H,29,31)(H,32,33)/b18-10-. The number of allylic oxidation sites excluding steroid dienone is 1. The van der Waals surface area contributed by atoms with Crippen LogP contribution in [0.4, 0.5) is 20.2 Å². The Balaban J connectivity index is 2.45. The molecule has 5 nitrogen and oxygen atoms in total. The van der Waals surface area contributed by atoms with Crippen LogP contribution in [-0.4, -0.2) is 30.1 Å². The highest BCUT2D eigenvalue weighted by molar-refractivity contribution is 5.97. The number of nitrogens with zero attached hydrogens (tertiary/aromatic N) is 1. The molecule has 2 N–H and O–H groups in total. The SMILES string of the molecule is C/C(=C/C(=O)O)c1ccc(N(CC(C)C)CC(C)C)c(NC(=O)Cc2ccc(F)cc2F)c1. The Kier molecular flexibility index (Phi) is 9.14. The Morgan fingerprint density at radius 1 is 1.03 bits per heavy atom. The first-order valence-corrected chi connectivity index (χ1v) is 11.0. The molecule has 2 rings (SSSR count). The smallest absolute Gasteiger partial charge is 0.328 e. The van der Waals surface area contributed by atoms with Crippen LogP contribution >= 0.6 is 0 Å². The van der Waals surface area contributed by atoms with E-state index >= 15 is 0 Å². The van der Waals surface area contributed by atoms with E-state index in [4.69, 9.17) is 5.11 Å². The molecule has 0 aliphatic heterocycles. The molecular formula is C26H32F2N2O3. The van der Waals surface area contributed by atoms with E-state index in [0.717, 1.165) is 37.0 Å². The molecule has 0 fully saturated rings. The van der Waals surface area contributed by atoms with E-state index in [0.29, 0.717) is 28.7 Å². The molecule has 0 saturated carbocycles. The number of amides is 1. The van der Waals surface area contributed by atoms with Crippen molar-refractivity contribution in [1.82, 2.24) is 0 Å². The molecule has 0 unspecified atom stereocenters. The fourth-order valence-corrected chi connectivity index (χ4v) is 3.61. The molecule has 0 radical (unpaired) electrons. The minimum atomic E-state index is -1.06. The van der Waals surface area contributed by atoms with Crippen molar-refractivity contribution in [1.29, 1.82) is 0 Å². The summed E-state index contributed by atoms with van der Waals surface area (Å²) in [5.41, 5.74) is 2.60. The molecule has 0 bridgehead atoms. The van der Waals surface area contributed by atoms with Crippen LogP contribution < -0.4 is 10.2 Å². The second-order valence-corrected chi connectivity index (χ2v) is 9.05. The zero-order valence-electron chi connectivity index (χ0n) is 19.8. The largest absolute Gasteiger partial charge is 0.478 e. The van der Waals surface area contributed by atoms with Gasteiger partial charge in [-0.2, -0.15) is 0 Å². The van der Waals surface area contributed by atoms with Gasteiger partial charge in [0.25, 0.3) is 0 Å². The van der Waals surface area contributed by atoms with Gasteiger partial charge in [0.2, 0.25) is 5.91 Å². The van der Waals surface area contributed by atoms with E-state index in [9.17, 15) is 18.4 Å². The van der Waals surface area contributed by atoms with Crippen molar-refractivity contribution in [2.24, 2.45) is 11.8 Å². The van der Waals surface area contributed by atoms with Crippen molar-refractivity contribution >= 4 is 28.8 Å². The Morgan fingerprint density at radius 3 is 2.21 bits per heavy atom. The van der Waals surface area contributed by atoms with E-state index in [1.165, 1.54) is 6.07 Å². The Morgan fingerprint density at radius 2 is 1.67 bits per heavy atom. The Labute approximate surface area is 194 Å². The summed E-state index contributed by atoms with van der Waals surface area (Å²) in [6.45, 7) is 11.6. The number of aliphatic carboxylic acids is 1. The third-order valence-corrected chi connectivity index (χ3v) is 4.94. The van der Waals surface area contributed by atoms with Crippen LogP contribution in [0.3, 0.4) is 0 Å². The fourth-order valence-electron chi connectivity index (χ4n) is 3.61. The average Bonchev–Trinajstić information content (AvgIpc) is 2.68. The molecule has 0 aliphatic rings. The summed E-state index contributed by atoms with van der Waals surface area (Å²) in [6, 6.07) is 8.55. The normalized spacial score (nSPS) is 11.7. The van der Waals surface area contributed by atoms with Crippen molar-refractivity contribution in [3.8, 4) is 0 Å². The second-order valence-electron chi connectivity index (χ2n) is 9.05. The monoisotopic (exact) mass is 458 g/mol. The Hall–Kier alpha value is -3.22. The highest BCUT2D eigenvalue weighted by Gasteiger charge is 2.18. The number of hydrogen-bond acceptors (Lipinski definition) is 3. The summed E-state index contributed by atoms with van der Waals surface area (Å²) in [7, 11) is 0. The summed E-state index contributed by atoms with van der Waals surface area (Å²) in [6.07, 6.45) is 0.850. The number of hydrogen-bond donors (Lipinski definition) is 2. The molecule has 0 spiro atoms. The highest BCUT2D eigenvalue weighted by Crippen LogP contribution is 2.31. The lowest BCUT2D eigenvalue weighted by Crippen LogP contribution is -2.32. The van der Waals surface area contributed by atoms with E-state index in [-0.39, 0.29) is 12.0 Å². The van der Waals surface area contributed by atoms with Gasteiger partial charge in [-0.25, -0.2) is 13.6 Å². The summed E-state index contributed by atoms with van der Waals surface area (Å²) < 4.78 is 27.2. The lowest BCUT2D eigenvalue weighted by Gasteiger charge is -2.31. The molecular weight excluding hydrogens is 426 g/mol. The molecule has 178 valence electrons. The van der Waals surface area contributed by atoms with Gasteiger partial charge in [-0.3, -0.25) is 4.79 Å². The fraction of sp³-hybridized carbons (Fsp3) is 0.385. The van der Waals surface area contributed by atoms with Crippen LogP contribution in [0.2, 0.25) is 0 Å². The lowest BCUT2D eigenvalue weighted by molar-refractivity contribution is -0.131. The maximum atomic E-state index is 14.0. The summed E-state index contributed by atoms with van der Waals surface area (Å²) in [5, 5.41) is 12.0. The first-order chi connectivity index (χ1) is 15.5. The van der Waals surface area contributed by atoms with Crippen molar-refractivity contribution in [3.05, 3.63) is 65.2 Å². The highest BCUT2D eigenvalue weighted by atomic mass is 19.1. The molecule has 7 heteroatoms. The van der Waals surface area contributed by atoms with E-state index in [1.54, 1.807) is 13.0 Å². The number of rotatable bonds is 10. The minimum Gasteiger partial charge on any atom is -0.478 e. The topological polar surface area (TPSA) is 69.6 Å².